The van der Waals surface area contributed by atoms with E-state index in [0.29, 0.717) is 13.1 Å². The minimum absolute atomic E-state index is 0.0299. The summed E-state index contributed by atoms with van der Waals surface area (Å²) in [5.74, 6) is 0.178. The average Bonchev–Trinajstić information content (AvgIpc) is 3.02. The Morgan fingerprint density at radius 2 is 1.61 bits per heavy atom. The molecule has 0 aromatic heterocycles. The van der Waals surface area contributed by atoms with Crippen LogP contribution in [0.15, 0.2) is 72.8 Å². The number of aliphatic hydroxyl groups is 1. The second kappa shape index (κ2) is 14.1. The number of rotatable bonds is 9. The summed E-state index contributed by atoms with van der Waals surface area (Å²) in [6, 6.07) is 24.5. The molecule has 2 fully saturated rings. The van der Waals surface area contributed by atoms with Gasteiger partial charge in [-0.2, -0.15) is 0 Å². The summed E-state index contributed by atoms with van der Waals surface area (Å²) >= 11 is 0. The molecule has 2 saturated heterocycles. The van der Waals surface area contributed by atoms with E-state index in [1.54, 1.807) is 0 Å². The number of ether oxygens (including phenoxy) is 2. The van der Waals surface area contributed by atoms with Crippen molar-refractivity contribution in [2.75, 3.05) is 26.2 Å². The van der Waals surface area contributed by atoms with E-state index in [1.165, 1.54) is 19.3 Å². The van der Waals surface area contributed by atoms with Crippen LogP contribution in [0.25, 0.3) is 11.1 Å². The van der Waals surface area contributed by atoms with Gasteiger partial charge < -0.3 is 30.1 Å². The van der Waals surface area contributed by atoms with Crippen LogP contribution in [0, 0.1) is 5.92 Å². The number of nitrogens with one attached hydrogen (secondary N) is 2. The van der Waals surface area contributed by atoms with Gasteiger partial charge in [0.1, 0.15) is 0 Å². The molecule has 3 N–H and O–H groups in total. The molecular weight excluding hydrogens is 514 g/mol. The van der Waals surface area contributed by atoms with Crippen LogP contribution < -0.4 is 10.6 Å². The zero-order chi connectivity index (χ0) is 28.6. The number of carbonyl (C=O) groups excluding carboxylic acids is 1. The second-order valence-electron chi connectivity index (χ2n) is 11.2. The van der Waals surface area contributed by atoms with Crippen molar-refractivity contribution in [3.63, 3.8) is 0 Å². The highest BCUT2D eigenvalue weighted by molar-refractivity contribution is 5.74. The molecule has 5 rings (SSSR count). The lowest BCUT2D eigenvalue weighted by atomic mass is 9.89. The summed E-state index contributed by atoms with van der Waals surface area (Å²) in [5, 5.41) is 15.2. The largest absolute Gasteiger partial charge is 0.392 e. The van der Waals surface area contributed by atoms with Crippen LogP contribution in [-0.4, -0.2) is 48.3 Å². The maximum atomic E-state index is 12.0. The van der Waals surface area contributed by atoms with Gasteiger partial charge in [-0.1, -0.05) is 86.1 Å². The van der Waals surface area contributed by atoms with E-state index in [2.05, 4.69) is 64.9 Å². The van der Waals surface area contributed by atoms with Crippen LogP contribution in [0.2, 0.25) is 0 Å². The number of benzene rings is 3. The molecule has 0 aliphatic carbocycles. The summed E-state index contributed by atoms with van der Waals surface area (Å²) in [6.45, 7) is 8.34. The van der Waals surface area contributed by atoms with Crippen LogP contribution in [0.3, 0.4) is 0 Å². The van der Waals surface area contributed by atoms with Gasteiger partial charge in [0.15, 0.2) is 6.29 Å². The molecule has 4 atom stereocenters. The molecule has 3 aromatic carbocycles. The molecule has 7 heteroatoms. The summed E-state index contributed by atoms with van der Waals surface area (Å²) in [4.78, 5) is 14.5. The third kappa shape index (κ3) is 7.35. The van der Waals surface area contributed by atoms with Crippen LogP contribution in [-0.2, 0) is 22.6 Å². The Morgan fingerprint density at radius 3 is 2.32 bits per heavy atom. The van der Waals surface area contributed by atoms with Gasteiger partial charge in [-0.25, -0.2) is 4.79 Å². The number of hydrogen-bond acceptors (Lipinski definition) is 5. The molecule has 2 heterocycles. The van der Waals surface area contributed by atoms with Crippen molar-refractivity contribution in [2.45, 2.75) is 64.8 Å². The molecule has 41 heavy (non-hydrogen) atoms. The second-order valence-corrected chi connectivity index (χ2v) is 11.2. The highest BCUT2D eigenvalue weighted by Gasteiger charge is 2.39. The molecule has 0 saturated carbocycles. The molecular formula is C34H43N3O4. The Balaban J connectivity index is 1.36. The molecule has 218 valence electrons. The Morgan fingerprint density at radius 1 is 0.902 bits per heavy atom. The van der Waals surface area contributed by atoms with E-state index in [0.717, 1.165) is 53.0 Å². The van der Waals surface area contributed by atoms with E-state index in [-0.39, 0.29) is 30.8 Å². The molecule has 2 aliphatic heterocycles. The van der Waals surface area contributed by atoms with E-state index in [1.807, 2.05) is 37.3 Å². The van der Waals surface area contributed by atoms with Crippen molar-refractivity contribution in [3.05, 3.63) is 95.1 Å². The zero-order valence-electron chi connectivity index (χ0n) is 24.2. The number of aliphatic hydroxyl groups excluding tert-OH is 1. The fraction of sp³-hybridized carbons (Fsp3) is 0.441. The quantitative estimate of drug-likeness (QED) is 0.303. The Bertz CT molecular complexity index is 1260. The number of carbonyl (C=O) groups is 1. The van der Waals surface area contributed by atoms with Gasteiger partial charge in [0.25, 0.3) is 0 Å². The van der Waals surface area contributed by atoms with Crippen LogP contribution in [0.1, 0.15) is 67.8 Å². The van der Waals surface area contributed by atoms with Crippen LogP contribution in [0.4, 0.5) is 4.79 Å². The van der Waals surface area contributed by atoms with Crippen molar-refractivity contribution in [1.29, 1.82) is 0 Å². The molecule has 2 aliphatic rings. The SMILES string of the molecule is CCNC(=O)NCc1ccccc1-c1ccc([C@@H]2O[C@H](CN3CCCCC3)[C@H](C)[C@H](c3ccc(CO)cc3)O2)cc1. The van der Waals surface area contributed by atoms with Gasteiger partial charge in [0.2, 0.25) is 0 Å². The van der Waals surface area contributed by atoms with Crippen LogP contribution in [0.5, 0.6) is 0 Å². The van der Waals surface area contributed by atoms with Gasteiger partial charge in [-0.3, -0.25) is 0 Å². The highest BCUT2D eigenvalue weighted by Crippen LogP contribution is 2.42. The van der Waals surface area contributed by atoms with Crippen molar-refractivity contribution >= 4 is 6.03 Å². The number of amides is 2. The Kier molecular flexibility index (Phi) is 10.1. The standard InChI is InChI=1S/C34H43N3O4/c1-3-35-34(39)36-21-29-9-5-6-10-30(29)26-15-17-28(18-16-26)33-40-31(22-37-19-7-4-8-20-37)24(2)32(41-33)27-13-11-25(23-38)12-14-27/h5-6,9-18,24,31-33,38H,3-4,7-8,19-23H2,1-2H3,(H2,35,36,39)/t24-,31+,32+,33+/m0/s1. The average molecular weight is 558 g/mol. The predicted octanol–water partition coefficient (Wildman–Crippen LogP) is 5.94. The van der Waals surface area contributed by atoms with E-state index in [9.17, 15) is 9.90 Å². The zero-order valence-corrected chi connectivity index (χ0v) is 24.2. The van der Waals surface area contributed by atoms with E-state index >= 15 is 0 Å². The smallest absolute Gasteiger partial charge is 0.315 e. The van der Waals surface area contributed by atoms with Gasteiger partial charge in [0.05, 0.1) is 18.8 Å². The molecule has 0 radical (unpaired) electrons. The topological polar surface area (TPSA) is 83.1 Å². The fourth-order valence-corrected chi connectivity index (χ4v) is 5.90. The van der Waals surface area contributed by atoms with Gasteiger partial charge in [-0.05, 0) is 60.7 Å². The first kappa shape index (κ1) is 29.3. The third-order valence-electron chi connectivity index (χ3n) is 8.30. The Labute approximate surface area is 243 Å². The summed E-state index contributed by atoms with van der Waals surface area (Å²) in [7, 11) is 0. The summed E-state index contributed by atoms with van der Waals surface area (Å²) in [6.07, 6.45) is 3.24. The van der Waals surface area contributed by atoms with Gasteiger partial charge in [0, 0.05) is 31.1 Å². The number of likely N-dealkylation sites (tertiary alicyclic amines) is 1. The highest BCUT2D eigenvalue weighted by atomic mass is 16.7. The number of urea groups is 1. The number of hydrogen-bond donors (Lipinski definition) is 3. The van der Waals surface area contributed by atoms with Crippen molar-refractivity contribution in [3.8, 4) is 11.1 Å². The lowest BCUT2D eigenvalue weighted by molar-refractivity contribution is -0.276. The molecule has 3 aromatic rings. The predicted molar refractivity (Wildman–Crippen MR) is 161 cm³/mol. The molecule has 7 nitrogen and oxygen atoms in total. The molecule has 2 amide bonds. The van der Waals surface area contributed by atoms with Crippen molar-refractivity contribution in [2.24, 2.45) is 5.92 Å². The van der Waals surface area contributed by atoms with Crippen molar-refractivity contribution in [1.82, 2.24) is 15.5 Å². The van der Waals surface area contributed by atoms with E-state index < -0.39 is 6.29 Å². The third-order valence-corrected chi connectivity index (χ3v) is 8.30. The lowest BCUT2D eigenvalue weighted by Crippen LogP contribution is -2.45. The monoisotopic (exact) mass is 557 g/mol. The van der Waals surface area contributed by atoms with Gasteiger partial charge in [-0.15, -0.1) is 0 Å². The first-order valence-corrected chi connectivity index (χ1v) is 15.0. The molecule has 0 spiro atoms. The first-order chi connectivity index (χ1) is 20.1. The minimum atomic E-state index is -0.479. The summed E-state index contributed by atoms with van der Waals surface area (Å²) in [5.41, 5.74) is 6.20. The normalized spacial score (nSPS) is 23.2. The maximum absolute atomic E-state index is 12.0. The molecule has 0 bridgehead atoms. The number of nitrogens with zero attached hydrogens (tertiary/aromatic N) is 1. The van der Waals surface area contributed by atoms with Crippen LogP contribution >= 0.6 is 0 Å². The van der Waals surface area contributed by atoms with Crippen molar-refractivity contribution < 1.29 is 19.4 Å². The summed E-state index contributed by atoms with van der Waals surface area (Å²) < 4.78 is 13.3. The first-order valence-electron chi connectivity index (χ1n) is 15.0. The van der Waals surface area contributed by atoms with E-state index in [4.69, 9.17) is 9.47 Å². The number of piperidine rings is 1. The lowest BCUT2D eigenvalue weighted by Gasteiger charge is -2.43. The fourth-order valence-electron chi connectivity index (χ4n) is 5.90. The minimum Gasteiger partial charge on any atom is -0.392 e. The Hall–Kier alpha value is -3.23. The molecule has 0 unspecified atom stereocenters. The van der Waals surface area contributed by atoms with Gasteiger partial charge >= 0.3 is 6.03 Å². The maximum Gasteiger partial charge on any atom is 0.315 e.